The fourth-order valence-electron chi connectivity index (χ4n) is 3.85. The SMILES string of the molecule is Cc1ccc(N2CCC(=Cc3ccccc3N3CCN(C)CC3)C2=O)cc1. The molecule has 2 aliphatic heterocycles. The third-order valence-corrected chi connectivity index (χ3v) is 5.58. The number of amides is 1. The van der Waals surface area contributed by atoms with Crippen LogP contribution in [0.1, 0.15) is 17.5 Å². The second-order valence-corrected chi connectivity index (χ2v) is 7.56. The standard InChI is InChI=1S/C23H27N3O/c1-18-7-9-21(10-8-18)26-12-11-20(23(26)27)17-19-5-3-4-6-22(19)25-15-13-24(2)14-16-25/h3-10,17H,11-16H2,1-2H3. The molecule has 0 spiro atoms. The van der Waals surface area contributed by atoms with Gasteiger partial charge in [-0.3, -0.25) is 4.79 Å². The summed E-state index contributed by atoms with van der Waals surface area (Å²) >= 11 is 0. The van der Waals surface area contributed by atoms with Crippen LogP contribution in [0.15, 0.2) is 54.1 Å². The van der Waals surface area contributed by atoms with Gasteiger partial charge < -0.3 is 14.7 Å². The van der Waals surface area contributed by atoms with Gasteiger partial charge in [0, 0.05) is 49.7 Å². The Labute approximate surface area is 161 Å². The van der Waals surface area contributed by atoms with Crippen LogP contribution in [0.25, 0.3) is 6.08 Å². The lowest BCUT2D eigenvalue weighted by Crippen LogP contribution is -2.44. The molecule has 27 heavy (non-hydrogen) atoms. The number of anilines is 2. The van der Waals surface area contributed by atoms with E-state index in [0.29, 0.717) is 0 Å². The third kappa shape index (κ3) is 3.76. The van der Waals surface area contributed by atoms with Crippen molar-refractivity contribution in [1.82, 2.24) is 4.90 Å². The Morgan fingerprint density at radius 2 is 1.59 bits per heavy atom. The Morgan fingerprint density at radius 3 is 2.33 bits per heavy atom. The first-order chi connectivity index (χ1) is 13.1. The monoisotopic (exact) mass is 361 g/mol. The number of aryl methyl sites for hydroxylation is 1. The predicted molar refractivity (Wildman–Crippen MR) is 112 cm³/mol. The van der Waals surface area contributed by atoms with Crippen LogP contribution in [0.4, 0.5) is 11.4 Å². The largest absolute Gasteiger partial charge is 0.368 e. The fourth-order valence-corrected chi connectivity index (χ4v) is 3.85. The molecular formula is C23H27N3O. The van der Waals surface area contributed by atoms with Crippen molar-refractivity contribution >= 4 is 23.4 Å². The van der Waals surface area contributed by atoms with Crippen molar-refractivity contribution in [2.24, 2.45) is 0 Å². The number of likely N-dealkylation sites (N-methyl/N-ethyl adjacent to an activating group) is 1. The van der Waals surface area contributed by atoms with Crippen LogP contribution in [0, 0.1) is 6.92 Å². The molecule has 0 atom stereocenters. The van der Waals surface area contributed by atoms with Gasteiger partial charge in [0.25, 0.3) is 5.91 Å². The van der Waals surface area contributed by atoms with Gasteiger partial charge in [0.2, 0.25) is 0 Å². The fraction of sp³-hybridized carbons (Fsp3) is 0.348. The molecule has 4 nitrogen and oxygen atoms in total. The van der Waals surface area contributed by atoms with Gasteiger partial charge in [-0.25, -0.2) is 0 Å². The summed E-state index contributed by atoms with van der Waals surface area (Å²) in [7, 11) is 2.17. The van der Waals surface area contributed by atoms with Crippen molar-refractivity contribution in [1.29, 1.82) is 0 Å². The Balaban J connectivity index is 1.57. The van der Waals surface area contributed by atoms with E-state index in [1.54, 1.807) is 0 Å². The zero-order valence-electron chi connectivity index (χ0n) is 16.2. The van der Waals surface area contributed by atoms with Gasteiger partial charge in [-0.1, -0.05) is 35.9 Å². The molecule has 0 aromatic heterocycles. The molecule has 2 heterocycles. The summed E-state index contributed by atoms with van der Waals surface area (Å²) in [4.78, 5) is 19.6. The minimum absolute atomic E-state index is 0.132. The highest BCUT2D eigenvalue weighted by Gasteiger charge is 2.27. The first-order valence-corrected chi connectivity index (χ1v) is 9.73. The molecule has 4 heteroatoms. The van der Waals surface area contributed by atoms with E-state index < -0.39 is 0 Å². The number of rotatable bonds is 3. The molecule has 2 aromatic carbocycles. The molecule has 2 fully saturated rings. The quantitative estimate of drug-likeness (QED) is 0.782. The van der Waals surface area contributed by atoms with E-state index in [2.05, 4.69) is 66.2 Å². The van der Waals surface area contributed by atoms with Crippen LogP contribution < -0.4 is 9.80 Å². The molecule has 2 aromatic rings. The number of nitrogens with zero attached hydrogens (tertiary/aromatic N) is 3. The van der Waals surface area contributed by atoms with Gasteiger partial charge in [-0.15, -0.1) is 0 Å². The summed E-state index contributed by atoms with van der Waals surface area (Å²) < 4.78 is 0. The van der Waals surface area contributed by atoms with E-state index in [1.165, 1.54) is 11.3 Å². The van der Waals surface area contributed by atoms with Gasteiger partial charge in [-0.05, 0) is 50.2 Å². The molecule has 1 amide bonds. The number of para-hydroxylation sites is 1. The van der Waals surface area contributed by atoms with Gasteiger partial charge in [0.05, 0.1) is 0 Å². The number of carbonyl (C=O) groups excluding carboxylic acids is 1. The number of carbonyl (C=O) groups is 1. The summed E-state index contributed by atoms with van der Waals surface area (Å²) in [6.07, 6.45) is 2.90. The smallest absolute Gasteiger partial charge is 0.254 e. The predicted octanol–water partition coefficient (Wildman–Crippen LogP) is 3.57. The van der Waals surface area contributed by atoms with Gasteiger partial charge >= 0.3 is 0 Å². The number of piperazine rings is 1. The number of hydrogen-bond donors (Lipinski definition) is 0. The van der Waals surface area contributed by atoms with Crippen LogP contribution >= 0.6 is 0 Å². The Kier molecular flexibility index (Phi) is 4.99. The Morgan fingerprint density at radius 1 is 0.889 bits per heavy atom. The van der Waals surface area contributed by atoms with Crippen LogP contribution in [-0.4, -0.2) is 50.6 Å². The minimum atomic E-state index is 0.132. The van der Waals surface area contributed by atoms with Crippen molar-refractivity contribution < 1.29 is 4.79 Å². The van der Waals surface area contributed by atoms with Crippen molar-refractivity contribution in [3.8, 4) is 0 Å². The van der Waals surface area contributed by atoms with E-state index in [4.69, 9.17) is 0 Å². The topological polar surface area (TPSA) is 26.8 Å². The van der Waals surface area contributed by atoms with Crippen LogP contribution in [-0.2, 0) is 4.79 Å². The summed E-state index contributed by atoms with van der Waals surface area (Å²) in [5, 5.41) is 0. The normalized spacial score (nSPS) is 19.9. The van der Waals surface area contributed by atoms with Gasteiger partial charge in [-0.2, -0.15) is 0 Å². The second-order valence-electron chi connectivity index (χ2n) is 7.56. The molecule has 140 valence electrons. The highest BCUT2D eigenvalue weighted by Crippen LogP contribution is 2.29. The maximum Gasteiger partial charge on any atom is 0.254 e. The average Bonchev–Trinajstić information content (AvgIpc) is 3.04. The first kappa shape index (κ1) is 17.8. The maximum atomic E-state index is 13.0. The van der Waals surface area contributed by atoms with E-state index >= 15 is 0 Å². The lowest BCUT2D eigenvalue weighted by atomic mass is 10.1. The average molecular weight is 361 g/mol. The summed E-state index contributed by atoms with van der Waals surface area (Å²) in [6.45, 7) is 7.02. The van der Waals surface area contributed by atoms with Crippen molar-refractivity contribution in [2.45, 2.75) is 13.3 Å². The lowest BCUT2D eigenvalue weighted by Gasteiger charge is -2.35. The molecule has 0 aliphatic carbocycles. The summed E-state index contributed by atoms with van der Waals surface area (Å²) in [6, 6.07) is 16.6. The summed E-state index contributed by atoms with van der Waals surface area (Å²) in [5.41, 5.74) is 5.48. The maximum absolute atomic E-state index is 13.0. The zero-order valence-corrected chi connectivity index (χ0v) is 16.2. The van der Waals surface area contributed by atoms with Crippen LogP contribution in [0.3, 0.4) is 0 Å². The van der Waals surface area contributed by atoms with E-state index in [1.807, 2.05) is 17.0 Å². The van der Waals surface area contributed by atoms with Crippen molar-refractivity contribution in [3.05, 3.63) is 65.2 Å². The molecule has 0 bridgehead atoms. The van der Waals surface area contributed by atoms with Gasteiger partial charge in [0.15, 0.2) is 0 Å². The minimum Gasteiger partial charge on any atom is -0.368 e. The number of hydrogen-bond acceptors (Lipinski definition) is 3. The van der Waals surface area contributed by atoms with E-state index in [-0.39, 0.29) is 5.91 Å². The second kappa shape index (κ2) is 7.57. The highest BCUT2D eigenvalue weighted by molar-refractivity contribution is 6.11. The molecule has 0 unspecified atom stereocenters. The van der Waals surface area contributed by atoms with Crippen molar-refractivity contribution in [3.63, 3.8) is 0 Å². The Hall–Kier alpha value is -2.59. The molecular weight excluding hydrogens is 334 g/mol. The molecule has 2 saturated heterocycles. The molecule has 4 rings (SSSR count). The molecule has 0 radical (unpaired) electrons. The lowest BCUT2D eigenvalue weighted by molar-refractivity contribution is -0.114. The summed E-state index contributed by atoms with van der Waals surface area (Å²) in [5.74, 6) is 0.132. The van der Waals surface area contributed by atoms with Crippen LogP contribution in [0.2, 0.25) is 0 Å². The zero-order chi connectivity index (χ0) is 18.8. The third-order valence-electron chi connectivity index (χ3n) is 5.58. The van der Waals surface area contributed by atoms with E-state index in [9.17, 15) is 4.79 Å². The molecule has 0 saturated carbocycles. The Bertz CT molecular complexity index is 848. The number of benzene rings is 2. The van der Waals surface area contributed by atoms with Gasteiger partial charge in [0.1, 0.15) is 0 Å². The highest BCUT2D eigenvalue weighted by atomic mass is 16.2. The van der Waals surface area contributed by atoms with Crippen LogP contribution in [0.5, 0.6) is 0 Å². The first-order valence-electron chi connectivity index (χ1n) is 9.73. The van der Waals surface area contributed by atoms with Crippen molar-refractivity contribution in [2.75, 3.05) is 49.6 Å². The van der Waals surface area contributed by atoms with E-state index in [0.717, 1.165) is 56.0 Å². The molecule has 2 aliphatic rings. The molecule has 0 N–H and O–H groups in total.